The zero-order valence-electron chi connectivity index (χ0n) is 21.4. The summed E-state index contributed by atoms with van der Waals surface area (Å²) < 4.78 is 54.5. The molecule has 0 unspecified atom stereocenters. The molecule has 0 saturated carbocycles. The van der Waals surface area contributed by atoms with E-state index in [1.807, 2.05) is 45.1 Å². The molecule has 3 rings (SSSR count). The minimum absolute atomic E-state index is 0.0878. The van der Waals surface area contributed by atoms with Gasteiger partial charge in [0.05, 0.1) is 17.0 Å². The molecule has 0 spiro atoms. The van der Waals surface area contributed by atoms with Crippen LogP contribution in [0.25, 0.3) is 11.3 Å². The first-order chi connectivity index (χ1) is 18.2. The number of aliphatic imine (C=N–C) groups is 1. The Morgan fingerprint density at radius 3 is 2.53 bits per heavy atom. The van der Waals surface area contributed by atoms with Crippen molar-refractivity contribution >= 4 is 34.8 Å². The zero-order chi connectivity index (χ0) is 27.8. The molecule has 3 nitrogen and oxygen atoms in total. The minimum atomic E-state index is -0.943. The van der Waals surface area contributed by atoms with Crippen LogP contribution in [0.5, 0.6) is 0 Å². The molecule has 0 saturated heterocycles. The maximum atomic E-state index is 14.2. The maximum Gasteiger partial charge on any atom is 0.167 e. The molecule has 8 heteroatoms. The monoisotopic (exact) mass is 537 g/mol. The second kappa shape index (κ2) is 13.1. The molecule has 0 radical (unpaired) electrons. The van der Waals surface area contributed by atoms with E-state index in [0.717, 1.165) is 22.8 Å². The summed E-state index contributed by atoms with van der Waals surface area (Å²) in [5.74, 6) is -2.52. The number of aryl methyl sites for hydroxylation is 1. The highest BCUT2D eigenvalue weighted by atomic mass is 32.2. The Labute approximate surface area is 224 Å². The standard InChI is InChI=1S/C30H27F4N3S/c1-6-7-9-24(18(2)16-35-19(3)25-10-8-11-28(32)30(25)33)22-14-26(20(4)36-17-22)21(5)37-23-12-13-27(31)29(15-23)38-34/h6-17,37H,5H2,1-4H3/b7-6-,18-16+,24-9+,35-19?. The Morgan fingerprint density at radius 2 is 1.82 bits per heavy atom. The third-order valence-electron chi connectivity index (χ3n) is 5.71. The largest absolute Gasteiger partial charge is 0.355 e. The number of halogens is 4. The molecule has 1 N–H and O–H groups in total. The van der Waals surface area contributed by atoms with E-state index in [1.165, 1.54) is 30.3 Å². The number of hydrogen-bond donors (Lipinski definition) is 1. The first-order valence-electron chi connectivity index (χ1n) is 11.7. The molecule has 1 aromatic heterocycles. The lowest BCUT2D eigenvalue weighted by molar-refractivity contribution is 0.507. The van der Waals surface area contributed by atoms with E-state index in [-0.39, 0.29) is 22.6 Å². The number of rotatable bonds is 9. The highest BCUT2D eigenvalue weighted by molar-refractivity contribution is 7.94. The van der Waals surface area contributed by atoms with E-state index in [2.05, 4.69) is 21.9 Å². The number of pyridine rings is 1. The van der Waals surface area contributed by atoms with E-state index in [9.17, 15) is 17.1 Å². The van der Waals surface area contributed by atoms with E-state index in [4.69, 9.17) is 0 Å². The number of hydrogen-bond acceptors (Lipinski definition) is 4. The Morgan fingerprint density at radius 1 is 1.05 bits per heavy atom. The molecule has 3 aromatic rings. The van der Waals surface area contributed by atoms with Crippen molar-refractivity contribution in [1.82, 2.24) is 4.98 Å². The lowest BCUT2D eigenvalue weighted by Crippen LogP contribution is -2.03. The summed E-state index contributed by atoms with van der Waals surface area (Å²) in [5.41, 5.74) is 5.15. The highest BCUT2D eigenvalue weighted by Gasteiger charge is 2.13. The molecule has 0 aliphatic heterocycles. The quantitative estimate of drug-likeness (QED) is 0.168. The Kier molecular flexibility index (Phi) is 9.85. The van der Waals surface area contributed by atoms with Crippen LogP contribution in [0.1, 0.15) is 43.2 Å². The van der Waals surface area contributed by atoms with Crippen molar-refractivity contribution in [2.24, 2.45) is 4.99 Å². The van der Waals surface area contributed by atoms with Crippen LogP contribution in [-0.4, -0.2) is 10.7 Å². The van der Waals surface area contributed by atoms with Crippen molar-refractivity contribution in [3.8, 4) is 0 Å². The average molecular weight is 538 g/mol. The van der Waals surface area contributed by atoms with Gasteiger partial charge in [-0.25, -0.2) is 13.2 Å². The fraction of sp³-hybridized carbons (Fsp3) is 0.133. The molecule has 0 fully saturated rings. The summed E-state index contributed by atoms with van der Waals surface area (Å²) in [6.07, 6.45) is 8.96. The molecule has 1 heterocycles. The topological polar surface area (TPSA) is 37.3 Å². The highest BCUT2D eigenvalue weighted by Crippen LogP contribution is 2.30. The smallest absolute Gasteiger partial charge is 0.167 e. The first kappa shape index (κ1) is 28.7. The van der Waals surface area contributed by atoms with Gasteiger partial charge in [-0.3, -0.25) is 9.98 Å². The van der Waals surface area contributed by atoms with Crippen molar-refractivity contribution < 1.29 is 17.1 Å². The molecular weight excluding hydrogens is 510 g/mol. The number of nitrogens with zero attached hydrogens (tertiary/aromatic N) is 2. The second-order valence-electron chi connectivity index (χ2n) is 8.42. The normalized spacial score (nSPS) is 12.8. The van der Waals surface area contributed by atoms with Crippen LogP contribution >= 0.6 is 12.1 Å². The van der Waals surface area contributed by atoms with E-state index in [0.29, 0.717) is 28.4 Å². The van der Waals surface area contributed by atoms with Gasteiger partial charge in [-0.15, -0.1) is 0 Å². The van der Waals surface area contributed by atoms with Crippen LogP contribution in [0, 0.1) is 24.4 Å². The van der Waals surface area contributed by atoms with Gasteiger partial charge in [-0.1, -0.05) is 30.9 Å². The number of nitrogens with one attached hydrogen (secondary N) is 1. The Hall–Kier alpha value is -3.91. The van der Waals surface area contributed by atoms with Crippen molar-refractivity contribution in [2.45, 2.75) is 32.6 Å². The zero-order valence-corrected chi connectivity index (χ0v) is 22.3. The van der Waals surface area contributed by atoms with Crippen LogP contribution in [0.2, 0.25) is 0 Å². The van der Waals surface area contributed by atoms with Gasteiger partial charge in [0.1, 0.15) is 5.82 Å². The maximum absolute atomic E-state index is 14.2. The van der Waals surface area contributed by atoms with Crippen LogP contribution < -0.4 is 5.32 Å². The molecule has 0 atom stereocenters. The average Bonchev–Trinajstić information content (AvgIpc) is 2.90. The van der Waals surface area contributed by atoms with Crippen LogP contribution in [0.4, 0.5) is 22.7 Å². The third kappa shape index (κ3) is 6.89. The molecule has 0 bridgehead atoms. The summed E-state index contributed by atoms with van der Waals surface area (Å²) in [6.45, 7) is 11.3. The number of allylic oxidation sites excluding steroid dienone is 5. The molecule has 0 aliphatic carbocycles. The number of aromatic nitrogens is 1. The molecule has 38 heavy (non-hydrogen) atoms. The van der Waals surface area contributed by atoms with Gasteiger partial charge in [0.25, 0.3) is 0 Å². The van der Waals surface area contributed by atoms with Crippen LogP contribution in [0.15, 0.2) is 95.1 Å². The summed E-state index contributed by atoms with van der Waals surface area (Å²) in [6, 6.07) is 9.92. The summed E-state index contributed by atoms with van der Waals surface area (Å²) in [7, 11) is 0. The lowest BCUT2D eigenvalue weighted by atomic mass is 9.97. The van der Waals surface area contributed by atoms with Crippen molar-refractivity contribution in [3.05, 3.63) is 125 Å². The number of anilines is 1. The van der Waals surface area contributed by atoms with Gasteiger partial charge < -0.3 is 5.32 Å². The predicted molar refractivity (Wildman–Crippen MR) is 150 cm³/mol. The molecule has 0 amide bonds. The lowest BCUT2D eigenvalue weighted by Gasteiger charge is -2.15. The van der Waals surface area contributed by atoms with Gasteiger partial charge >= 0.3 is 0 Å². The minimum Gasteiger partial charge on any atom is -0.355 e. The Bertz CT molecular complexity index is 1470. The molecule has 2 aromatic carbocycles. The third-order valence-corrected chi connectivity index (χ3v) is 6.19. The molecule has 196 valence electrons. The number of benzene rings is 2. The second-order valence-corrected chi connectivity index (χ2v) is 9.01. The van der Waals surface area contributed by atoms with Gasteiger partial charge in [0.15, 0.2) is 11.6 Å². The van der Waals surface area contributed by atoms with Gasteiger partial charge in [0, 0.05) is 51.9 Å². The van der Waals surface area contributed by atoms with Gasteiger partial charge in [0.2, 0.25) is 0 Å². The fourth-order valence-electron chi connectivity index (χ4n) is 3.63. The van der Waals surface area contributed by atoms with E-state index >= 15 is 0 Å². The first-order valence-corrected chi connectivity index (χ1v) is 12.4. The fourth-order valence-corrected chi connectivity index (χ4v) is 3.94. The van der Waals surface area contributed by atoms with Crippen LogP contribution in [-0.2, 0) is 0 Å². The van der Waals surface area contributed by atoms with Gasteiger partial charge in [-0.2, -0.15) is 3.89 Å². The van der Waals surface area contributed by atoms with Crippen molar-refractivity contribution in [3.63, 3.8) is 0 Å². The predicted octanol–water partition coefficient (Wildman–Crippen LogP) is 9.24. The molecule has 0 aliphatic rings. The van der Waals surface area contributed by atoms with Crippen molar-refractivity contribution in [2.75, 3.05) is 5.32 Å². The summed E-state index contributed by atoms with van der Waals surface area (Å²) in [4.78, 5) is 8.77. The van der Waals surface area contributed by atoms with Gasteiger partial charge in [-0.05, 0) is 75.2 Å². The summed E-state index contributed by atoms with van der Waals surface area (Å²) in [5, 5.41) is 3.09. The van der Waals surface area contributed by atoms with Crippen molar-refractivity contribution in [1.29, 1.82) is 0 Å². The Balaban J connectivity index is 1.96. The SMILES string of the molecule is C=C(Nc1ccc(F)c(SF)c1)c1cc(C(=C/C=C\C)/C(C)=C/N=C(C)c2cccc(F)c2F)cnc1C. The van der Waals surface area contributed by atoms with E-state index in [1.54, 1.807) is 19.3 Å². The van der Waals surface area contributed by atoms with Crippen LogP contribution in [0.3, 0.4) is 0 Å². The molecular formula is C30H27F4N3S. The summed E-state index contributed by atoms with van der Waals surface area (Å²) >= 11 is -0.168. The van der Waals surface area contributed by atoms with E-state index < -0.39 is 17.5 Å².